The van der Waals surface area contributed by atoms with E-state index in [9.17, 15) is 14.4 Å². The molecule has 29 heavy (non-hydrogen) atoms. The van der Waals surface area contributed by atoms with Gasteiger partial charge < -0.3 is 19.7 Å². The van der Waals surface area contributed by atoms with E-state index in [1.807, 2.05) is 6.07 Å². The molecule has 0 bridgehead atoms. The smallest absolute Gasteiger partial charge is 0.410 e. The minimum Gasteiger partial charge on any atom is -0.465 e. The molecular formula is C20H21ClN2O5S. The lowest BCUT2D eigenvalue weighted by atomic mass is 10.0. The van der Waals surface area contributed by atoms with Gasteiger partial charge in [-0.2, -0.15) is 0 Å². The van der Waals surface area contributed by atoms with Gasteiger partial charge in [0.05, 0.1) is 32.2 Å². The van der Waals surface area contributed by atoms with E-state index in [1.165, 1.54) is 18.4 Å². The second-order valence-electron chi connectivity index (χ2n) is 6.39. The van der Waals surface area contributed by atoms with E-state index in [4.69, 9.17) is 21.1 Å². The molecule has 0 fully saturated rings. The van der Waals surface area contributed by atoms with E-state index in [0.717, 1.165) is 10.4 Å². The molecule has 1 N–H and O–H groups in total. The van der Waals surface area contributed by atoms with E-state index >= 15 is 0 Å². The minimum absolute atomic E-state index is 0.0812. The first-order chi connectivity index (χ1) is 13.9. The number of ether oxygens (including phenoxy) is 2. The molecule has 0 radical (unpaired) electrons. The molecule has 0 spiro atoms. The quantitative estimate of drug-likeness (QED) is 0.719. The number of methoxy groups -OCH3 is 1. The van der Waals surface area contributed by atoms with Crippen molar-refractivity contribution in [3.05, 3.63) is 50.9 Å². The van der Waals surface area contributed by atoms with Gasteiger partial charge in [-0.1, -0.05) is 29.8 Å². The van der Waals surface area contributed by atoms with Gasteiger partial charge in [-0.05, 0) is 30.5 Å². The molecule has 2 heterocycles. The number of carbonyl (C=O) groups is 3. The van der Waals surface area contributed by atoms with E-state index in [0.29, 0.717) is 47.3 Å². The molecular weight excluding hydrogens is 416 g/mol. The van der Waals surface area contributed by atoms with Crippen LogP contribution < -0.4 is 5.32 Å². The zero-order chi connectivity index (χ0) is 21.0. The van der Waals surface area contributed by atoms with Gasteiger partial charge in [-0.15, -0.1) is 11.3 Å². The van der Waals surface area contributed by atoms with Crippen molar-refractivity contribution in [2.45, 2.75) is 26.3 Å². The molecule has 0 atom stereocenters. The van der Waals surface area contributed by atoms with Gasteiger partial charge >= 0.3 is 12.1 Å². The lowest BCUT2D eigenvalue weighted by molar-refractivity contribution is -0.115. The number of amides is 2. The SMILES string of the molecule is CCOC(=O)N1CCc2c(sc(NC(=O)Cc3ccccc3Cl)c2C(=O)OC)C1. The molecule has 2 amide bonds. The third kappa shape index (κ3) is 4.71. The lowest BCUT2D eigenvalue weighted by Gasteiger charge is -2.26. The Kier molecular flexibility index (Phi) is 6.76. The molecule has 0 unspecified atom stereocenters. The molecule has 9 heteroatoms. The minimum atomic E-state index is -0.514. The lowest BCUT2D eigenvalue weighted by Crippen LogP contribution is -2.36. The van der Waals surface area contributed by atoms with Crippen LogP contribution in [0.4, 0.5) is 9.80 Å². The molecule has 0 saturated heterocycles. The van der Waals surface area contributed by atoms with Crippen molar-refractivity contribution in [3.63, 3.8) is 0 Å². The van der Waals surface area contributed by atoms with E-state index < -0.39 is 12.1 Å². The fourth-order valence-electron chi connectivity index (χ4n) is 3.17. The third-order valence-corrected chi connectivity index (χ3v) is 6.04. The van der Waals surface area contributed by atoms with Crippen LogP contribution in [-0.2, 0) is 33.7 Å². The van der Waals surface area contributed by atoms with Crippen LogP contribution >= 0.6 is 22.9 Å². The first kappa shape index (κ1) is 21.1. The number of benzene rings is 1. The number of anilines is 1. The van der Waals surface area contributed by atoms with Gasteiger partial charge in [0.15, 0.2) is 0 Å². The zero-order valence-electron chi connectivity index (χ0n) is 16.1. The highest BCUT2D eigenvalue weighted by molar-refractivity contribution is 7.17. The number of halogens is 1. The number of fused-ring (bicyclic) bond motifs is 1. The van der Waals surface area contributed by atoms with E-state index in [-0.39, 0.29) is 12.3 Å². The number of hydrogen-bond donors (Lipinski definition) is 1. The molecule has 0 aliphatic carbocycles. The highest BCUT2D eigenvalue weighted by atomic mass is 35.5. The molecule has 1 aromatic heterocycles. The number of nitrogens with zero attached hydrogens (tertiary/aromatic N) is 1. The first-order valence-corrected chi connectivity index (χ1v) is 10.3. The second-order valence-corrected chi connectivity index (χ2v) is 7.90. The number of thiophene rings is 1. The highest BCUT2D eigenvalue weighted by Crippen LogP contribution is 2.38. The maximum absolute atomic E-state index is 12.6. The van der Waals surface area contributed by atoms with Crippen molar-refractivity contribution in [1.82, 2.24) is 4.90 Å². The van der Waals surface area contributed by atoms with Gasteiger partial charge in [0, 0.05) is 16.4 Å². The van der Waals surface area contributed by atoms with Crippen LogP contribution in [0.15, 0.2) is 24.3 Å². The predicted molar refractivity (Wildman–Crippen MR) is 111 cm³/mol. The van der Waals surface area contributed by atoms with Crippen LogP contribution in [0.2, 0.25) is 5.02 Å². The molecule has 0 saturated carbocycles. The number of carbonyl (C=O) groups excluding carboxylic acids is 3. The Labute approximate surface area is 177 Å². The van der Waals surface area contributed by atoms with Gasteiger partial charge in [0.1, 0.15) is 5.00 Å². The third-order valence-electron chi connectivity index (χ3n) is 4.53. The Bertz CT molecular complexity index is 943. The Balaban J connectivity index is 1.83. The van der Waals surface area contributed by atoms with Gasteiger partial charge in [-0.25, -0.2) is 9.59 Å². The molecule has 154 valence electrons. The molecule has 1 aliphatic heterocycles. The van der Waals surface area contributed by atoms with Crippen LogP contribution in [-0.4, -0.2) is 43.1 Å². The maximum Gasteiger partial charge on any atom is 0.410 e. The molecule has 1 aromatic carbocycles. The maximum atomic E-state index is 12.6. The van der Waals surface area contributed by atoms with Crippen molar-refractivity contribution in [2.75, 3.05) is 25.6 Å². The Morgan fingerprint density at radius 1 is 1.28 bits per heavy atom. The fourth-order valence-corrected chi connectivity index (χ4v) is 4.64. The Morgan fingerprint density at radius 2 is 2.03 bits per heavy atom. The summed E-state index contributed by atoms with van der Waals surface area (Å²) in [6, 6.07) is 7.10. The number of hydrogen-bond acceptors (Lipinski definition) is 6. The van der Waals surface area contributed by atoms with E-state index in [1.54, 1.807) is 30.0 Å². The standard InChI is InChI=1S/C20H21ClN2O5S/c1-3-28-20(26)23-9-8-13-15(11-23)29-18(17(13)19(25)27-2)22-16(24)10-12-6-4-5-7-14(12)21/h4-7H,3,8-11H2,1-2H3,(H,22,24). The molecule has 7 nitrogen and oxygen atoms in total. The summed E-state index contributed by atoms with van der Waals surface area (Å²) in [7, 11) is 1.30. The summed E-state index contributed by atoms with van der Waals surface area (Å²) in [5, 5.41) is 3.74. The van der Waals surface area contributed by atoms with Crippen LogP contribution in [0.25, 0.3) is 0 Å². The van der Waals surface area contributed by atoms with Crippen molar-refractivity contribution >= 4 is 45.9 Å². The van der Waals surface area contributed by atoms with Crippen LogP contribution in [0.1, 0.15) is 33.3 Å². The number of nitrogens with one attached hydrogen (secondary N) is 1. The van der Waals surface area contributed by atoms with E-state index in [2.05, 4.69) is 5.32 Å². The van der Waals surface area contributed by atoms with Gasteiger partial charge in [0.25, 0.3) is 0 Å². The highest BCUT2D eigenvalue weighted by Gasteiger charge is 2.31. The monoisotopic (exact) mass is 436 g/mol. The number of rotatable bonds is 5. The average molecular weight is 437 g/mol. The molecule has 2 aromatic rings. The van der Waals surface area contributed by atoms with Crippen molar-refractivity contribution in [3.8, 4) is 0 Å². The summed E-state index contributed by atoms with van der Waals surface area (Å²) >= 11 is 7.40. The summed E-state index contributed by atoms with van der Waals surface area (Å²) in [5.41, 5.74) is 1.85. The van der Waals surface area contributed by atoms with Gasteiger partial charge in [0.2, 0.25) is 5.91 Å². The topological polar surface area (TPSA) is 84.9 Å². The summed E-state index contributed by atoms with van der Waals surface area (Å²) in [4.78, 5) is 39.4. The second kappa shape index (κ2) is 9.28. The van der Waals surface area contributed by atoms with Crippen LogP contribution in [0.5, 0.6) is 0 Å². The van der Waals surface area contributed by atoms with Gasteiger partial charge in [-0.3, -0.25) is 4.79 Å². The average Bonchev–Trinajstić information content (AvgIpc) is 3.06. The molecule has 3 rings (SSSR count). The van der Waals surface area contributed by atoms with Crippen LogP contribution in [0, 0.1) is 0 Å². The largest absolute Gasteiger partial charge is 0.465 e. The van der Waals surface area contributed by atoms with Crippen LogP contribution in [0.3, 0.4) is 0 Å². The van der Waals surface area contributed by atoms with Crippen molar-refractivity contribution in [1.29, 1.82) is 0 Å². The normalized spacial score (nSPS) is 12.9. The summed E-state index contributed by atoms with van der Waals surface area (Å²) in [6.07, 6.45) is 0.170. The predicted octanol–water partition coefficient (Wildman–Crippen LogP) is 3.88. The summed E-state index contributed by atoms with van der Waals surface area (Å²) in [6.45, 7) is 2.80. The summed E-state index contributed by atoms with van der Waals surface area (Å²) in [5.74, 6) is -0.802. The van der Waals surface area contributed by atoms with Crippen molar-refractivity contribution < 1.29 is 23.9 Å². The summed E-state index contributed by atoms with van der Waals surface area (Å²) < 4.78 is 9.99. The number of esters is 1. The molecule has 1 aliphatic rings. The Morgan fingerprint density at radius 3 is 2.72 bits per heavy atom. The van der Waals surface area contributed by atoms with Crippen molar-refractivity contribution in [2.24, 2.45) is 0 Å². The Hall–Kier alpha value is -2.58. The fraction of sp³-hybridized carbons (Fsp3) is 0.350. The first-order valence-electron chi connectivity index (χ1n) is 9.12. The zero-order valence-corrected chi connectivity index (χ0v) is 17.7.